The lowest BCUT2D eigenvalue weighted by Crippen LogP contribution is -2.42. The summed E-state index contributed by atoms with van der Waals surface area (Å²) in [5.41, 5.74) is 1.68. The van der Waals surface area contributed by atoms with E-state index < -0.39 is 0 Å². The Labute approximate surface area is 190 Å². The first-order valence-electron chi connectivity index (χ1n) is 10.5. The molecule has 0 N–H and O–H groups in total. The molecule has 2 aliphatic heterocycles. The van der Waals surface area contributed by atoms with Gasteiger partial charge in [0.1, 0.15) is 25.6 Å². The summed E-state index contributed by atoms with van der Waals surface area (Å²) in [6.07, 6.45) is 1.42. The zero-order valence-electron chi connectivity index (χ0n) is 18.0. The molecule has 0 aliphatic carbocycles. The van der Waals surface area contributed by atoms with Gasteiger partial charge in [-0.25, -0.2) is 9.67 Å². The van der Waals surface area contributed by atoms with Crippen molar-refractivity contribution in [3.8, 4) is 22.9 Å². The number of anilines is 1. The van der Waals surface area contributed by atoms with Crippen molar-refractivity contribution in [3.63, 3.8) is 0 Å². The van der Waals surface area contributed by atoms with Crippen LogP contribution in [0.4, 0.5) is 5.69 Å². The Hall–Kier alpha value is -3.26. The van der Waals surface area contributed by atoms with E-state index in [9.17, 15) is 4.79 Å². The fourth-order valence-electron chi connectivity index (χ4n) is 3.85. The van der Waals surface area contributed by atoms with Gasteiger partial charge in [-0.2, -0.15) is 5.10 Å². The van der Waals surface area contributed by atoms with Crippen LogP contribution < -0.4 is 19.1 Å². The van der Waals surface area contributed by atoms with Gasteiger partial charge in [0, 0.05) is 12.0 Å². The number of carbonyl (C=O) groups is 1. The van der Waals surface area contributed by atoms with E-state index >= 15 is 0 Å². The highest BCUT2D eigenvalue weighted by atomic mass is 35.5. The Kier molecular flexibility index (Phi) is 5.17. The third-order valence-electron chi connectivity index (χ3n) is 5.39. The SMILES string of the molecule is CC(C)c1ncn(-c2cc3c(c(C(=O)N4C[C@H](C)Oc5c(Cl)cccc54)c2)OCCO3)n1. The van der Waals surface area contributed by atoms with Gasteiger partial charge in [-0.05, 0) is 25.1 Å². The van der Waals surface area contributed by atoms with Crippen molar-refractivity contribution < 1.29 is 19.0 Å². The van der Waals surface area contributed by atoms with Crippen molar-refractivity contribution in [2.45, 2.75) is 32.8 Å². The van der Waals surface area contributed by atoms with Gasteiger partial charge in [0.15, 0.2) is 23.1 Å². The Morgan fingerprint density at radius 2 is 2.00 bits per heavy atom. The zero-order valence-corrected chi connectivity index (χ0v) is 18.8. The van der Waals surface area contributed by atoms with Crippen molar-refractivity contribution in [1.82, 2.24) is 14.8 Å². The molecule has 2 aliphatic rings. The number of carbonyl (C=O) groups excluding carboxylic acids is 1. The third-order valence-corrected chi connectivity index (χ3v) is 5.69. The number of hydrogen-bond acceptors (Lipinski definition) is 6. The van der Waals surface area contributed by atoms with E-state index in [4.69, 9.17) is 25.8 Å². The molecule has 2 aromatic carbocycles. The molecule has 1 atom stereocenters. The third kappa shape index (κ3) is 3.54. The van der Waals surface area contributed by atoms with Crippen LogP contribution in [0.15, 0.2) is 36.7 Å². The number of para-hydroxylation sites is 1. The molecule has 0 bridgehead atoms. The van der Waals surface area contributed by atoms with Crippen LogP contribution in [0.3, 0.4) is 0 Å². The molecule has 1 aromatic heterocycles. The molecular formula is C23H23ClN4O4. The monoisotopic (exact) mass is 454 g/mol. The standard InChI is InChI=1S/C23H23ClN4O4/c1-13(2)22-25-12-28(26-22)15-9-16(20-19(10-15)30-7-8-31-20)23(29)27-11-14(3)32-21-17(24)5-4-6-18(21)27/h4-6,9-10,12-14H,7-8,11H2,1-3H3/t14-/m0/s1. The van der Waals surface area contributed by atoms with Gasteiger partial charge in [-0.3, -0.25) is 4.79 Å². The fraction of sp³-hybridized carbons (Fsp3) is 0.348. The van der Waals surface area contributed by atoms with Crippen LogP contribution in [0.25, 0.3) is 5.69 Å². The number of fused-ring (bicyclic) bond motifs is 2. The smallest absolute Gasteiger partial charge is 0.262 e. The summed E-state index contributed by atoms with van der Waals surface area (Å²) in [7, 11) is 0. The summed E-state index contributed by atoms with van der Waals surface area (Å²) < 4.78 is 19.2. The number of benzene rings is 2. The molecule has 0 radical (unpaired) electrons. The van der Waals surface area contributed by atoms with Crippen LogP contribution in [0.2, 0.25) is 5.02 Å². The molecule has 3 aromatic rings. The summed E-state index contributed by atoms with van der Waals surface area (Å²) in [4.78, 5) is 19.9. The van der Waals surface area contributed by atoms with Crippen LogP contribution in [0.5, 0.6) is 17.2 Å². The predicted molar refractivity (Wildman–Crippen MR) is 120 cm³/mol. The molecule has 9 heteroatoms. The first-order valence-corrected chi connectivity index (χ1v) is 10.9. The van der Waals surface area contributed by atoms with E-state index in [1.807, 2.05) is 32.9 Å². The molecule has 0 unspecified atom stereocenters. The molecule has 0 saturated heterocycles. The Morgan fingerprint density at radius 1 is 1.19 bits per heavy atom. The van der Waals surface area contributed by atoms with E-state index in [1.54, 1.807) is 34.1 Å². The van der Waals surface area contributed by atoms with Crippen molar-refractivity contribution in [2.75, 3.05) is 24.7 Å². The lowest BCUT2D eigenvalue weighted by atomic mass is 10.1. The van der Waals surface area contributed by atoms with Gasteiger partial charge in [0.2, 0.25) is 0 Å². The highest BCUT2D eigenvalue weighted by molar-refractivity contribution is 6.32. The van der Waals surface area contributed by atoms with Crippen molar-refractivity contribution >= 4 is 23.2 Å². The van der Waals surface area contributed by atoms with E-state index in [0.29, 0.717) is 59.0 Å². The molecule has 166 valence electrons. The summed E-state index contributed by atoms with van der Waals surface area (Å²) in [5.74, 6) is 2.12. The topological polar surface area (TPSA) is 78.7 Å². The minimum Gasteiger partial charge on any atom is -0.486 e. The number of ether oxygens (including phenoxy) is 3. The second kappa shape index (κ2) is 8.02. The first-order chi connectivity index (χ1) is 15.4. The number of halogens is 1. The van der Waals surface area contributed by atoms with Crippen molar-refractivity contribution in [1.29, 1.82) is 0 Å². The van der Waals surface area contributed by atoms with Crippen LogP contribution in [-0.4, -0.2) is 46.5 Å². The van der Waals surface area contributed by atoms with Crippen LogP contribution in [-0.2, 0) is 0 Å². The average molecular weight is 455 g/mol. The number of amides is 1. The number of nitrogens with zero attached hydrogens (tertiary/aromatic N) is 4. The van der Waals surface area contributed by atoms with Crippen LogP contribution in [0.1, 0.15) is 42.9 Å². The quantitative estimate of drug-likeness (QED) is 0.589. The minimum atomic E-state index is -0.225. The molecule has 3 heterocycles. The molecule has 8 nitrogen and oxygen atoms in total. The Balaban J connectivity index is 1.61. The van der Waals surface area contributed by atoms with Gasteiger partial charge in [0.05, 0.1) is 28.5 Å². The normalized spacial score (nSPS) is 17.2. The summed E-state index contributed by atoms with van der Waals surface area (Å²) in [5, 5.41) is 5.01. The highest BCUT2D eigenvalue weighted by Crippen LogP contribution is 2.42. The molecule has 1 amide bonds. The maximum absolute atomic E-state index is 13.8. The zero-order chi connectivity index (χ0) is 22.4. The lowest BCUT2D eigenvalue weighted by Gasteiger charge is -2.34. The molecule has 32 heavy (non-hydrogen) atoms. The number of hydrogen-bond donors (Lipinski definition) is 0. The lowest BCUT2D eigenvalue weighted by molar-refractivity contribution is 0.0950. The van der Waals surface area contributed by atoms with Crippen LogP contribution in [0, 0.1) is 0 Å². The summed E-state index contributed by atoms with van der Waals surface area (Å²) >= 11 is 6.35. The summed E-state index contributed by atoms with van der Waals surface area (Å²) in [6, 6.07) is 8.95. The van der Waals surface area contributed by atoms with E-state index in [1.165, 1.54) is 0 Å². The van der Waals surface area contributed by atoms with E-state index in [2.05, 4.69) is 10.1 Å². The van der Waals surface area contributed by atoms with Gasteiger partial charge in [0.25, 0.3) is 5.91 Å². The van der Waals surface area contributed by atoms with Crippen LogP contribution >= 0.6 is 11.6 Å². The fourth-order valence-corrected chi connectivity index (χ4v) is 4.07. The second-order valence-electron chi connectivity index (χ2n) is 8.15. The van der Waals surface area contributed by atoms with Gasteiger partial charge in [-0.1, -0.05) is 31.5 Å². The average Bonchev–Trinajstić information content (AvgIpc) is 3.29. The van der Waals surface area contributed by atoms with Gasteiger partial charge < -0.3 is 19.1 Å². The Morgan fingerprint density at radius 3 is 2.78 bits per heavy atom. The first kappa shape index (κ1) is 20.6. The van der Waals surface area contributed by atoms with E-state index in [-0.39, 0.29) is 17.9 Å². The molecular weight excluding hydrogens is 432 g/mol. The van der Waals surface area contributed by atoms with Crippen molar-refractivity contribution in [3.05, 3.63) is 53.1 Å². The highest BCUT2D eigenvalue weighted by Gasteiger charge is 2.33. The van der Waals surface area contributed by atoms with Gasteiger partial charge in [-0.15, -0.1) is 0 Å². The Bertz CT molecular complexity index is 1190. The molecule has 0 fully saturated rings. The molecule has 5 rings (SSSR count). The molecule has 0 saturated carbocycles. The number of rotatable bonds is 3. The summed E-state index contributed by atoms with van der Waals surface area (Å²) in [6.45, 7) is 7.12. The second-order valence-corrected chi connectivity index (χ2v) is 8.56. The molecule has 0 spiro atoms. The van der Waals surface area contributed by atoms with E-state index in [0.717, 1.165) is 5.82 Å². The van der Waals surface area contributed by atoms with Gasteiger partial charge >= 0.3 is 0 Å². The minimum absolute atomic E-state index is 0.186. The maximum atomic E-state index is 13.8. The largest absolute Gasteiger partial charge is 0.486 e. The maximum Gasteiger partial charge on any atom is 0.262 e. The predicted octanol–water partition coefficient (Wildman–Crippen LogP) is 4.24. The van der Waals surface area contributed by atoms with Crippen molar-refractivity contribution in [2.24, 2.45) is 0 Å². The number of aromatic nitrogens is 3.